The Bertz CT molecular complexity index is 155. The first-order valence-electron chi connectivity index (χ1n) is 3.92. The van der Waals surface area contributed by atoms with Crippen molar-refractivity contribution in [3.8, 4) is 0 Å². The lowest BCUT2D eigenvalue weighted by Crippen LogP contribution is -2.47. The van der Waals surface area contributed by atoms with E-state index in [0.29, 0.717) is 6.42 Å². The third kappa shape index (κ3) is 3.69. The normalized spacial score (nSPS) is 15.8. The molecule has 0 aromatic heterocycles. The number of rotatable bonds is 4. The second kappa shape index (κ2) is 4.42. The lowest BCUT2D eigenvalue weighted by atomic mass is 9.99. The predicted octanol–water partition coefficient (Wildman–Crippen LogP) is -0.171. The third-order valence-electron chi connectivity index (χ3n) is 1.73. The number of nitrogens with zero attached hydrogens (tertiary/aromatic N) is 1. The molecule has 0 aromatic carbocycles. The quantitative estimate of drug-likeness (QED) is 0.601. The Morgan fingerprint density at radius 2 is 2.08 bits per heavy atom. The van der Waals surface area contributed by atoms with Crippen LogP contribution in [0.1, 0.15) is 13.3 Å². The highest BCUT2D eigenvalue weighted by Crippen LogP contribution is 2.07. The summed E-state index contributed by atoms with van der Waals surface area (Å²) < 4.78 is 4.56. The summed E-state index contributed by atoms with van der Waals surface area (Å²) in [6, 6.07) is 0. The van der Waals surface area contributed by atoms with Crippen LogP contribution in [-0.4, -0.2) is 44.2 Å². The fourth-order valence-electron chi connectivity index (χ4n) is 0.791. The van der Waals surface area contributed by atoms with E-state index < -0.39 is 5.54 Å². The molecule has 0 spiro atoms. The Labute approximate surface area is 73.7 Å². The number of hydrogen-bond donors (Lipinski definition) is 1. The molecule has 0 saturated carbocycles. The van der Waals surface area contributed by atoms with Gasteiger partial charge in [-0.1, -0.05) is 0 Å². The van der Waals surface area contributed by atoms with Crippen LogP contribution in [-0.2, 0) is 9.53 Å². The van der Waals surface area contributed by atoms with Crippen molar-refractivity contribution >= 4 is 5.97 Å². The maximum absolute atomic E-state index is 11.1. The van der Waals surface area contributed by atoms with Gasteiger partial charge in [0.25, 0.3) is 0 Å². The van der Waals surface area contributed by atoms with Crippen molar-refractivity contribution in [3.05, 3.63) is 0 Å². The highest BCUT2D eigenvalue weighted by Gasteiger charge is 2.28. The van der Waals surface area contributed by atoms with Crippen LogP contribution in [0.25, 0.3) is 0 Å². The van der Waals surface area contributed by atoms with Crippen molar-refractivity contribution < 1.29 is 9.53 Å². The zero-order chi connectivity index (χ0) is 9.78. The van der Waals surface area contributed by atoms with Gasteiger partial charge in [0.15, 0.2) is 0 Å². The zero-order valence-electron chi connectivity index (χ0n) is 8.26. The van der Waals surface area contributed by atoms with Crippen LogP contribution in [0.5, 0.6) is 0 Å². The summed E-state index contributed by atoms with van der Waals surface area (Å²) >= 11 is 0. The molecule has 0 saturated heterocycles. The van der Waals surface area contributed by atoms with Gasteiger partial charge in [0.05, 0.1) is 7.11 Å². The Hall–Kier alpha value is -0.610. The number of nitrogens with two attached hydrogens (primary N) is 1. The van der Waals surface area contributed by atoms with Gasteiger partial charge in [-0.25, -0.2) is 0 Å². The number of carbonyl (C=O) groups excluding carboxylic acids is 1. The summed E-state index contributed by atoms with van der Waals surface area (Å²) in [5.41, 5.74) is 4.86. The number of carbonyl (C=O) groups is 1. The largest absolute Gasteiger partial charge is 0.468 e. The maximum Gasteiger partial charge on any atom is 0.325 e. The van der Waals surface area contributed by atoms with Gasteiger partial charge < -0.3 is 15.4 Å². The van der Waals surface area contributed by atoms with Gasteiger partial charge in [-0.05, 0) is 34.0 Å². The molecule has 0 rings (SSSR count). The summed E-state index contributed by atoms with van der Waals surface area (Å²) in [5.74, 6) is -0.357. The molecule has 12 heavy (non-hydrogen) atoms. The molecule has 0 unspecified atom stereocenters. The molecule has 0 radical (unpaired) electrons. The molecule has 72 valence electrons. The molecule has 4 heteroatoms. The van der Waals surface area contributed by atoms with Crippen LogP contribution in [0, 0.1) is 0 Å². The summed E-state index contributed by atoms with van der Waals surface area (Å²) in [5, 5.41) is 0. The number of hydrogen-bond acceptors (Lipinski definition) is 4. The second-order valence-corrected chi connectivity index (χ2v) is 3.46. The van der Waals surface area contributed by atoms with E-state index in [4.69, 9.17) is 5.73 Å². The molecule has 0 heterocycles. The first kappa shape index (κ1) is 11.4. The predicted molar refractivity (Wildman–Crippen MR) is 47.8 cm³/mol. The van der Waals surface area contributed by atoms with Crippen molar-refractivity contribution in [1.82, 2.24) is 4.90 Å². The van der Waals surface area contributed by atoms with Crippen LogP contribution in [0.2, 0.25) is 0 Å². The minimum Gasteiger partial charge on any atom is -0.468 e. The molecule has 0 aromatic rings. The fraction of sp³-hybridized carbons (Fsp3) is 0.875. The van der Waals surface area contributed by atoms with E-state index >= 15 is 0 Å². The minimum atomic E-state index is -0.862. The number of methoxy groups -OCH3 is 1. The highest BCUT2D eigenvalue weighted by atomic mass is 16.5. The van der Waals surface area contributed by atoms with E-state index in [9.17, 15) is 4.79 Å². The first-order chi connectivity index (χ1) is 5.40. The lowest BCUT2D eigenvalue weighted by molar-refractivity contribution is -0.146. The molecule has 0 fully saturated rings. The van der Waals surface area contributed by atoms with Gasteiger partial charge in [0.1, 0.15) is 5.54 Å². The fourth-order valence-corrected chi connectivity index (χ4v) is 0.791. The molecule has 1 atom stereocenters. The van der Waals surface area contributed by atoms with E-state index in [1.165, 1.54) is 7.11 Å². The van der Waals surface area contributed by atoms with Gasteiger partial charge in [0, 0.05) is 0 Å². The van der Waals surface area contributed by atoms with Crippen LogP contribution in [0.3, 0.4) is 0 Å². The van der Waals surface area contributed by atoms with E-state index in [1.54, 1.807) is 6.92 Å². The van der Waals surface area contributed by atoms with Crippen molar-refractivity contribution in [1.29, 1.82) is 0 Å². The lowest BCUT2D eigenvalue weighted by Gasteiger charge is -2.22. The monoisotopic (exact) mass is 174 g/mol. The van der Waals surface area contributed by atoms with Gasteiger partial charge in [-0.2, -0.15) is 0 Å². The maximum atomic E-state index is 11.1. The molecule has 0 aliphatic carbocycles. The van der Waals surface area contributed by atoms with E-state index in [0.717, 1.165) is 6.54 Å². The van der Waals surface area contributed by atoms with Crippen LogP contribution in [0.4, 0.5) is 0 Å². The van der Waals surface area contributed by atoms with Gasteiger partial charge >= 0.3 is 5.97 Å². The van der Waals surface area contributed by atoms with Crippen molar-refractivity contribution in [3.63, 3.8) is 0 Å². The second-order valence-electron chi connectivity index (χ2n) is 3.46. The summed E-state index contributed by atoms with van der Waals surface area (Å²) in [6.07, 6.45) is 0.604. The van der Waals surface area contributed by atoms with Gasteiger partial charge in [-0.3, -0.25) is 4.79 Å². The Morgan fingerprint density at radius 1 is 1.58 bits per heavy atom. The number of esters is 1. The average Bonchev–Trinajstić information content (AvgIpc) is 1.99. The Kier molecular flexibility index (Phi) is 4.20. The Balaban J connectivity index is 3.95. The van der Waals surface area contributed by atoms with E-state index in [1.807, 2.05) is 19.0 Å². The minimum absolute atomic E-state index is 0.357. The average molecular weight is 174 g/mol. The molecule has 0 aliphatic heterocycles. The van der Waals surface area contributed by atoms with Gasteiger partial charge in [0.2, 0.25) is 0 Å². The van der Waals surface area contributed by atoms with Crippen LogP contribution in [0.15, 0.2) is 0 Å². The number of ether oxygens (including phenoxy) is 1. The molecule has 0 aliphatic rings. The molecule has 0 amide bonds. The highest BCUT2D eigenvalue weighted by molar-refractivity contribution is 5.79. The van der Waals surface area contributed by atoms with Crippen LogP contribution < -0.4 is 5.73 Å². The Morgan fingerprint density at radius 3 is 2.42 bits per heavy atom. The van der Waals surface area contributed by atoms with E-state index in [-0.39, 0.29) is 5.97 Å². The SMILES string of the molecule is COC(=O)[C@@](C)(N)CCN(C)C. The molecule has 2 N–H and O–H groups in total. The first-order valence-corrected chi connectivity index (χ1v) is 3.92. The summed E-state index contributed by atoms with van der Waals surface area (Å²) in [4.78, 5) is 13.1. The van der Waals surface area contributed by atoms with Crippen molar-refractivity contribution in [2.45, 2.75) is 18.9 Å². The third-order valence-corrected chi connectivity index (χ3v) is 1.73. The standard InChI is InChI=1S/C8H18N2O2/c1-8(9,7(11)12-4)5-6-10(2)3/h5-6,9H2,1-4H3/t8-/m0/s1. The van der Waals surface area contributed by atoms with Gasteiger partial charge in [-0.15, -0.1) is 0 Å². The molecule has 0 bridgehead atoms. The molecule has 4 nitrogen and oxygen atoms in total. The van der Waals surface area contributed by atoms with Crippen molar-refractivity contribution in [2.24, 2.45) is 5.73 Å². The van der Waals surface area contributed by atoms with Crippen molar-refractivity contribution in [2.75, 3.05) is 27.7 Å². The zero-order valence-corrected chi connectivity index (χ0v) is 8.26. The topological polar surface area (TPSA) is 55.6 Å². The smallest absolute Gasteiger partial charge is 0.325 e. The molecular weight excluding hydrogens is 156 g/mol. The van der Waals surface area contributed by atoms with Crippen LogP contribution >= 0.6 is 0 Å². The summed E-state index contributed by atoms with van der Waals surface area (Å²) in [7, 11) is 5.23. The van der Waals surface area contributed by atoms with E-state index in [2.05, 4.69) is 4.74 Å². The summed E-state index contributed by atoms with van der Waals surface area (Å²) in [6.45, 7) is 2.46. The molecular formula is C8H18N2O2.